The molecule has 0 saturated heterocycles. The number of nitrogens with one attached hydrogen (secondary N) is 2. The molecule has 8 nitrogen and oxygen atoms in total. The number of benzene rings is 2. The fraction of sp³-hybridized carbons (Fsp3) is 0.371. The first-order chi connectivity index (χ1) is 21.3. The highest BCUT2D eigenvalue weighted by atomic mass is 32.1. The molecule has 1 fully saturated rings. The molecule has 9 heteroatoms. The van der Waals surface area contributed by atoms with Crippen molar-refractivity contribution in [2.24, 2.45) is 0 Å². The van der Waals surface area contributed by atoms with Gasteiger partial charge >= 0.3 is 0 Å². The van der Waals surface area contributed by atoms with Crippen LogP contribution < -0.4 is 10.6 Å². The van der Waals surface area contributed by atoms with Crippen molar-refractivity contribution in [3.05, 3.63) is 117 Å². The number of hydrogen-bond acceptors (Lipinski definition) is 7. The Hall–Kier alpha value is -3.92. The summed E-state index contributed by atoms with van der Waals surface area (Å²) in [6.45, 7) is 7.52. The number of hydrogen-bond donors (Lipinski definition) is 3. The predicted molar refractivity (Wildman–Crippen MR) is 174 cm³/mol. The topological polar surface area (TPSA) is 107 Å². The monoisotopic (exact) mass is 611 g/mol. The summed E-state index contributed by atoms with van der Waals surface area (Å²) in [5.41, 5.74) is 5.01. The number of thiazole rings is 1. The van der Waals surface area contributed by atoms with Crippen LogP contribution in [0.2, 0.25) is 0 Å². The molecule has 230 valence electrons. The van der Waals surface area contributed by atoms with Gasteiger partial charge in [0.25, 0.3) is 11.8 Å². The maximum atomic E-state index is 13.6. The van der Waals surface area contributed by atoms with E-state index in [-0.39, 0.29) is 24.4 Å². The normalized spacial score (nSPS) is 14.3. The van der Waals surface area contributed by atoms with E-state index in [4.69, 9.17) is 0 Å². The molecule has 3 N–H and O–H groups in total. The zero-order chi connectivity index (χ0) is 31.1. The molecule has 1 saturated carbocycles. The summed E-state index contributed by atoms with van der Waals surface area (Å²) >= 11 is 1.56. The lowest BCUT2D eigenvalue weighted by Gasteiger charge is -2.25. The number of aryl methyl sites for hydroxylation is 1. The zero-order valence-corrected chi connectivity index (χ0v) is 26.4. The fourth-order valence-corrected chi connectivity index (χ4v) is 5.93. The van der Waals surface area contributed by atoms with Gasteiger partial charge in [-0.05, 0) is 67.0 Å². The Balaban J connectivity index is 1.26. The lowest BCUT2D eigenvalue weighted by Crippen LogP contribution is -2.48. The fourth-order valence-electron chi connectivity index (χ4n) is 5.16. The minimum Gasteiger partial charge on any atom is -0.390 e. The van der Waals surface area contributed by atoms with Crippen molar-refractivity contribution in [1.29, 1.82) is 0 Å². The average Bonchev–Trinajstić information content (AvgIpc) is 3.79. The summed E-state index contributed by atoms with van der Waals surface area (Å²) < 4.78 is 0. The number of aliphatic hydroxyl groups excluding tert-OH is 1. The van der Waals surface area contributed by atoms with E-state index >= 15 is 0 Å². The van der Waals surface area contributed by atoms with Gasteiger partial charge in [0.05, 0.1) is 18.7 Å². The zero-order valence-electron chi connectivity index (χ0n) is 25.6. The molecule has 2 unspecified atom stereocenters. The van der Waals surface area contributed by atoms with Crippen LogP contribution in [-0.2, 0) is 19.5 Å². The second-order valence-electron chi connectivity index (χ2n) is 11.9. The second kappa shape index (κ2) is 14.7. The smallest absolute Gasteiger partial charge is 0.254 e. The van der Waals surface area contributed by atoms with Crippen molar-refractivity contribution in [3.63, 3.8) is 0 Å². The minimum absolute atomic E-state index is 0.101. The third-order valence-electron chi connectivity index (χ3n) is 7.84. The van der Waals surface area contributed by atoms with Gasteiger partial charge in [-0.25, -0.2) is 4.98 Å². The Labute approximate surface area is 263 Å². The van der Waals surface area contributed by atoms with Crippen LogP contribution >= 0.6 is 11.3 Å². The van der Waals surface area contributed by atoms with Crippen molar-refractivity contribution in [1.82, 2.24) is 25.5 Å². The first-order valence-corrected chi connectivity index (χ1v) is 16.1. The van der Waals surface area contributed by atoms with Gasteiger partial charge in [0, 0.05) is 53.7 Å². The van der Waals surface area contributed by atoms with Gasteiger partial charge in [-0.3, -0.25) is 14.6 Å². The average molecular weight is 612 g/mol. The summed E-state index contributed by atoms with van der Waals surface area (Å²) in [5.74, 6) is -0.0514. The van der Waals surface area contributed by atoms with E-state index in [0.717, 1.165) is 34.7 Å². The Morgan fingerprint density at radius 1 is 1.02 bits per heavy atom. The molecule has 44 heavy (non-hydrogen) atoms. The standard InChI is InChI=1S/C35H41N5O3S/c1-23(2)29-14-26(17-36-19-29)18-37-20-32(41)31(15-25-8-5-4-6-9-25)39-34(42)27-10-7-11-28(16-27)35(43)40(30-12-13-30)21-33-38-24(3)22-44-33/h4-11,14,16-17,19,22-23,30-32,37,41H,12-13,15,18,20-21H2,1-3H3,(H,39,42). The van der Waals surface area contributed by atoms with E-state index in [1.54, 1.807) is 35.6 Å². The van der Waals surface area contributed by atoms with Crippen LogP contribution in [0.25, 0.3) is 0 Å². The number of nitrogens with zero attached hydrogens (tertiary/aromatic N) is 3. The molecule has 2 heterocycles. The molecular weight excluding hydrogens is 570 g/mol. The first kappa shape index (κ1) is 31.5. The molecule has 0 radical (unpaired) electrons. The number of carbonyl (C=O) groups is 2. The summed E-state index contributed by atoms with van der Waals surface area (Å²) in [7, 11) is 0. The molecular formula is C35H41N5O3S. The van der Waals surface area contributed by atoms with Gasteiger partial charge in [0.2, 0.25) is 0 Å². The number of rotatable bonds is 14. The third-order valence-corrected chi connectivity index (χ3v) is 8.79. The van der Waals surface area contributed by atoms with Crippen LogP contribution in [0.1, 0.15) is 80.7 Å². The predicted octanol–water partition coefficient (Wildman–Crippen LogP) is 5.27. The highest BCUT2D eigenvalue weighted by Crippen LogP contribution is 2.30. The molecule has 0 bridgehead atoms. The van der Waals surface area contributed by atoms with E-state index < -0.39 is 12.1 Å². The van der Waals surface area contributed by atoms with Crippen molar-refractivity contribution in [3.8, 4) is 0 Å². The first-order valence-electron chi connectivity index (χ1n) is 15.3. The van der Waals surface area contributed by atoms with E-state index in [1.165, 1.54) is 5.56 Å². The molecule has 4 aromatic rings. The molecule has 1 aliphatic carbocycles. The molecule has 2 atom stereocenters. The maximum absolute atomic E-state index is 13.6. The number of aromatic nitrogens is 2. The van der Waals surface area contributed by atoms with Crippen LogP contribution in [0.4, 0.5) is 0 Å². The van der Waals surface area contributed by atoms with E-state index in [2.05, 4.69) is 40.5 Å². The van der Waals surface area contributed by atoms with Crippen molar-refractivity contribution < 1.29 is 14.7 Å². The van der Waals surface area contributed by atoms with Gasteiger partial charge in [-0.2, -0.15) is 0 Å². The van der Waals surface area contributed by atoms with Crippen molar-refractivity contribution in [2.75, 3.05) is 6.54 Å². The number of aliphatic hydroxyl groups is 1. The Bertz CT molecular complexity index is 1550. The SMILES string of the molecule is Cc1csc(CN(C(=O)c2cccc(C(=O)NC(Cc3ccccc3)C(O)CNCc3cncc(C(C)C)c3)c2)C2CC2)n1. The van der Waals surface area contributed by atoms with E-state index in [9.17, 15) is 14.7 Å². The van der Waals surface area contributed by atoms with Crippen LogP contribution in [-0.4, -0.2) is 56.5 Å². The van der Waals surface area contributed by atoms with Gasteiger partial charge in [-0.1, -0.05) is 56.3 Å². The summed E-state index contributed by atoms with van der Waals surface area (Å²) in [6, 6.07) is 18.4. The molecule has 0 aliphatic heterocycles. The second-order valence-corrected chi connectivity index (χ2v) is 12.8. The highest BCUT2D eigenvalue weighted by molar-refractivity contribution is 7.09. The summed E-state index contributed by atoms with van der Waals surface area (Å²) in [4.78, 5) is 37.9. The Morgan fingerprint density at radius 3 is 2.50 bits per heavy atom. The van der Waals surface area contributed by atoms with Crippen molar-refractivity contribution >= 4 is 23.2 Å². The molecule has 5 rings (SSSR count). The lowest BCUT2D eigenvalue weighted by molar-refractivity contribution is 0.0729. The van der Waals surface area contributed by atoms with Gasteiger partial charge in [0.15, 0.2) is 0 Å². The number of carbonyl (C=O) groups excluding carboxylic acids is 2. The summed E-state index contributed by atoms with van der Waals surface area (Å²) in [6.07, 6.45) is 5.26. The molecule has 2 aromatic carbocycles. The van der Waals surface area contributed by atoms with E-state index in [1.807, 2.05) is 59.9 Å². The molecule has 2 aromatic heterocycles. The molecule has 2 amide bonds. The Kier molecular flexibility index (Phi) is 10.5. The molecule has 1 aliphatic rings. The lowest BCUT2D eigenvalue weighted by atomic mass is 10.00. The van der Waals surface area contributed by atoms with Gasteiger partial charge < -0.3 is 20.6 Å². The maximum Gasteiger partial charge on any atom is 0.254 e. The van der Waals surface area contributed by atoms with E-state index in [0.29, 0.717) is 36.6 Å². The highest BCUT2D eigenvalue weighted by Gasteiger charge is 2.34. The summed E-state index contributed by atoms with van der Waals surface area (Å²) in [5, 5.41) is 20.5. The van der Waals surface area contributed by atoms with Crippen molar-refractivity contribution in [2.45, 2.75) is 77.2 Å². The number of pyridine rings is 1. The van der Waals surface area contributed by atoms with Crippen LogP contribution in [0.3, 0.4) is 0 Å². The molecule has 0 spiro atoms. The van der Waals surface area contributed by atoms with Gasteiger partial charge in [-0.15, -0.1) is 11.3 Å². The van der Waals surface area contributed by atoms with Crippen LogP contribution in [0, 0.1) is 6.92 Å². The van der Waals surface area contributed by atoms with Crippen LogP contribution in [0.5, 0.6) is 0 Å². The van der Waals surface area contributed by atoms with Crippen LogP contribution in [0.15, 0.2) is 78.4 Å². The van der Waals surface area contributed by atoms with Gasteiger partial charge in [0.1, 0.15) is 5.01 Å². The minimum atomic E-state index is -0.850. The number of amides is 2. The quantitative estimate of drug-likeness (QED) is 0.179. The largest absolute Gasteiger partial charge is 0.390 e. The third kappa shape index (κ3) is 8.59. The Morgan fingerprint density at radius 2 is 1.80 bits per heavy atom.